The van der Waals surface area contributed by atoms with E-state index in [9.17, 15) is 18.0 Å². The molecule has 1 N–H and O–H groups in total. The molecule has 1 aliphatic rings. The Labute approximate surface area is 169 Å². The third-order valence-electron chi connectivity index (χ3n) is 4.48. The summed E-state index contributed by atoms with van der Waals surface area (Å²) in [6.07, 6.45) is -2.72. The number of rotatable bonds is 4. The summed E-state index contributed by atoms with van der Waals surface area (Å²) in [4.78, 5) is 20.2. The van der Waals surface area contributed by atoms with E-state index >= 15 is 0 Å². The molecule has 1 amide bonds. The van der Waals surface area contributed by atoms with Crippen LogP contribution < -0.4 is 10.2 Å². The summed E-state index contributed by atoms with van der Waals surface area (Å²) in [5.41, 5.74) is -0.0177. The van der Waals surface area contributed by atoms with Gasteiger partial charge in [-0.2, -0.15) is 13.2 Å². The number of hydrogen-bond donors (Lipinski definition) is 1. The number of alkyl halides is 3. The molecule has 1 saturated heterocycles. The van der Waals surface area contributed by atoms with Crippen molar-refractivity contribution < 1.29 is 18.0 Å². The number of carbonyl (C=O) groups excluding carboxylic acids is 1. The minimum atomic E-state index is -4.39. The Hall–Kier alpha value is -2.13. The molecule has 0 saturated carbocycles. The fraction of sp³-hybridized carbons (Fsp3) is 0.368. The zero-order valence-corrected chi connectivity index (χ0v) is 16.6. The monoisotopic (exact) mass is 456 g/mol. The Balaban J connectivity index is 1.53. The second-order valence-corrected chi connectivity index (χ2v) is 7.49. The van der Waals surface area contributed by atoms with E-state index in [-0.39, 0.29) is 12.5 Å². The van der Waals surface area contributed by atoms with Crippen LogP contribution in [0.2, 0.25) is 0 Å². The number of hydrogen-bond acceptors (Lipinski definition) is 4. The summed E-state index contributed by atoms with van der Waals surface area (Å²) in [6.45, 7) is 2.93. The molecule has 0 spiro atoms. The van der Waals surface area contributed by atoms with Gasteiger partial charge in [0.25, 0.3) is 0 Å². The standard InChI is InChI=1S/C19H20BrF3N4O/c20-15-3-5-16(6-4-15)25-18(28)13-26-8-1-9-27(11-10-26)17-7-2-14(12-24-17)19(21,22)23/h2-7,12H,1,8-11,13H2,(H,25,28). The third kappa shape index (κ3) is 5.68. The Morgan fingerprint density at radius 3 is 2.46 bits per heavy atom. The number of amides is 1. The van der Waals surface area contributed by atoms with Crippen molar-refractivity contribution >= 4 is 33.3 Å². The van der Waals surface area contributed by atoms with E-state index in [1.54, 1.807) is 0 Å². The van der Waals surface area contributed by atoms with Crippen molar-refractivity contribution in [2.75, 3.05) is 42.9 Å². The molecule has 0 radical (unpaired) electrons. The van der Waals surface area contributed by atoms with Gasteiger partial charge in [0.2, 0.25) is 5.91 Å². The van der Waals surface area contributed by atoms with E-state index in [0.717, 1.165) is 35.4 Å². The largest absolute Gasteiger partial charge is 0.417 e. The number of nitrogens with zero attached hydrogens (tertiary/aromatic N) is 3. The predicted octanol–water partition coefficient (Wildman–Crippen LogP) is 4.01. The molecule has 3 rings (SSSR count). The predicted molar refractivity (Wildman–Crippen MR) is 105 cm³/mol. The number of nitrogens with one attached hydrogen (secondary N) is 1. The number of benzene rings is 1. The molecule has 0 bridgehead atoms. The van der Waals surface area contributed by atoms with Gasteiger partial charge >= 0.3 is 6.18 Å². The molecule has 150 valence electrons. The van der Waals surface area contributed by atoms with Crippen LogP contribution in [-0.4, -0.2) is 48.5 Å². The van der Waals surface area contributed by atoms with Gasteiger partial charge in [-0.15, -0.1) is 0 Å². The first kappa shape index (κ1) is 20.6. The zero-order valence-electron chi connectivity index (χ0n) is 15.0. The smallest absolute Gasteiger partial charge is 0.355 e. The lowest BCUT2D eigenvalue weighted by Crippen LogP contribution is -2.36. The normalized spacial score (nSPS) is 15.9. The van der Waals surface area contributed by atoms with Crippen LogP contribution in [0.15, 0.2) is 47.1 Å². The highest BCUT2D eigenvalue weighted by atomic mass is 79.9. The van der Waals surface area contributed by atoms with Crippen molar-refractivity contribution in [2.24, 2.45) is 0 Å². The first-order valence-electron chi connectivity index (χ1n) is 8.87. The van der Waals surface area contributed by atoms with Crippen LogP contribution in [-0.2, 0) is 11.0 Å². The van der Waals surface area contributed by atoms with Gasteiger partial charge in [0.15, 0.2) is 0 Å². The number of pyridine rings is 1. The molecule has 1 fully saturated rings. The van der Waals surface area contributed by atoms with Crippen LogP contribution in [0, 0.1) is 0 Å². The maximum atomic E-state index is 12.7. The van der Waals surface area contributed by atoms with Crippen molar-refractivity contribution in [3.8, 4) is 0 Å². The average Bonchev–Trinajstić information content (AvgIpc) is 2.88. The molecule has 0 unspecified atom stereocenters. The van der Waals surface area contributed by atoms with Crippen LogP contribution in [0.4, 0.5) is 24.7 Å². The highest BCUT2D eigenvalue weighted by Crippen LogP contribution is 2.29. The summed E-state index contributed by atoms with van der Waals surface area (Å²) >= 11 is 3.35. The minimum Gasteiger partial charge on any atom is -0.355 e. The van der Waals surface area contributed by atoms with Gasteiger partial charge in [-0.1, -0.05) is 15.9 Å². The summed E-state index contributed by atoms with van der Waals surface area (Å²) in [5, 5.41) is 2.87. The van der Waals surface area contributed by atoms with E-state index in [1.807, 2.05) is 34.1 Å². The second-order valence-electron chi connectivity index (χ2n) is 6.57. The van der Waals surface area contributed by atoms with Crippen molar-refractivity contribution in [1.29, 1.82) is 0 Å². The van der Waals surface area contributed by atoms with E-state index in [4.69, 9.17) is 0 Å². The summed E-state index contributed by atoms with van der Waals surface area (Å²) in [5.74, 6) is 0.428. The van der Waals surface area contributed by atoms with Crippen molar-refractivity contribution in [2.45, 2.75) is 12.6 Å². The Kier molecular flexibility index (Phi) is 6.56. The van der Waals surface area contributed by atoms with Crippen molar-refractivity contribution in [1.82, 2.24) is 9.88 Å². The third-order valence-corrected chi connectivity index (χ3v) is 5.01. The highest BCUT2D eigenvalue weighted by molar-refractivity contribution is 9.10. The van der Waals surface area contributed by atoms with E-state index in [0.29, 0.717) is 25.5 Å². The van der Waals surface area contributed by atoms with Gasteiger partial charge in [-0.25, -0.2) is 4.98 Å². The lowest BCUT2D eigenvalue weighted by Gasteiger charge is -2.22. The van der Waals surface area contributed by atoms with Crippen LogP contribution in [0.5, 0.6) is 0 Å². The molecule has 2 aromatic rings. The molecule has 0 atom stereocenters. The first-order chi connectivity index (χ1) is 13.3. The molecule has 1 aliphatic heterocycles. The number of anilines is 2. The van der Waals surface area contributed by atoms with Crippen LogP contribution in [0.1, 0.15) is 12.0 Å². The van der Waals surface area contributed by atoms with Gasteiger partial charge in [0.05, 0.1) is 12.1 Å². The minimum absolute atomic E-state index is 0.0940. The fourth-order valence-corrected chi connectivity index (χ4v) is 3.30. The number of halogens is 4. The van der Waals surface area contributed by atoms with E-state index in [1.165, 1.54) is 6.07 Å². The van der Waals surface area contributed by atoms with Gasteiger partial charge < -0.3 is 10.2 Å². The molecular formula is C19H20BrF3N4O. The number of carbonyl (C=O) groups is 1. The zero-order chi connectivity index (χ0) is 20.1. The van der Waals surface area contributed by atoms with E-state index < -0.39 is 11.7 Å². The van der Waals surface area contributed by atoms with Crippen molar-refractivity contribution in [3.63, 3.8) is 0 Å². The van der Waals surface area contributed by atoms with Crippen LogP contribution in [0.3, 0.4) is 0 Å². The quantitative estimate of drug-likeness (QED) is 0.754. The van der Waals surface area contributed by atoms with E-state index in [2.05, 4.69) is 26.2 Å². The van der Waals surface area contributed by atoms with Gasteiger partial charge in [-0.3, -0.25) is 9.69 Å². The second kappa shape index (κ2) is 8.91. The van der Waals surface area contributed by atoms with Crippen LogP contribution >= 0.6 is 15.9 Å². The maximum absolute atomic E-state index is 12.7. The molecule has 1 aromatic carbocycles. The highest BCUT2D eigenvalue weighted by Gasteiger charge is 2.31. The molecule has 28 heavy (non-hydrogen) atoms. The first-order valence-corrected chi connectivity index (χ1v) is 9.66. The molecule has 2 heterocycles. The summed E-state index contributed by atoms with van der Waals surface area (Å²) in [7, 11) is 0. The fourth-order valence-electron chi connectivity index (χ4n) is 3.04. The molecule has 9 heteroatoms. The molecular weight excluding hydrogens is 437 g/mol. The average molecular weight is 457 g/mol. The SMILES string of the molecule is O=C(CN1CCCN(c2ccc(C(F)(F)F)cn2)CC1)Nc1ccc(Br)cc1. The number of aromatic nitrogens is 1. The Bertz CT molecular complexity index is 796. The van der Waals surface area contributed by atoms with Gasteiger partial charge in [0, 0.05) is 42.5 Å². The summed E-state index contributed by atoms with van der Waals surface area (Å²) in [6, 6.07) is 9.81. The van der Waals surface area contributed by atoms with Crippen LogP contribution in [0.25, 0.3) is 0 Å². The summed E-state index contributed by atoms with van der Waals surface area (Å²) < 4.78 is 39.0. The van der Waals surface area contributed by atoms with Crippen molar-refractivity contribution in [3.05, 3.63) is 52.6 Å². The lowest BCUT2D eigenvalue weighted by molar-refractivity contribution is -0.137. The molecule has 0 aliphatic carbocycles. The Morgan fingerprint density at radius 2 is 1.82 bits per heavy atom. The Morgan fingerprint density at radius 1 is 1.07 bits per heavy atom. The molecule has 1 aromatic heterocycles. The van der Waals surface area contributed by atoms with Gasteiger partial charge in [-0.05, 0) is 42.8 Å². The topological polar surface area (TPSA) is 48.5 Å². The molecule has 5 nitrogen and oxygen atoms in total. The van der Waals surface area contributed by atoms with Gasteiger partial charge in [0.1, 0.15) is 5.82 Å². The maximum Gasteiger partial charge on any atom is 0.417 e. The lowest BCUT2D eigenvalue weighted by atomic mass is 10.2.